The minimum atomic E-state index is -0.406. The smallest absolute Gasteiger partial charge is 0.271 e. The van der Waals surface area contributed by atoms with Gasteiger partial charge in [0.2, 0.25) is 0 Å². The van der Waals surface area contributed by atoms with Gasteiger partial charge in [0, 0.05) is 23.1 Å². The molecule has 0 unspecified atom stereocenters. The van der Waals surface area contributed by atoms with Crippen LogP contribution in [-0.4, -0.2) is 21.8 Å². The van der Waals surface area contributed by atoms with Crippen LogP contribution in [0.2, 0.25) is 0 Å². The van der Waals surface area contributed by atoms with E-state index in [1.165, 1.54) is 12.1 Å². The number of nitrogens with zero attached hydrogens (tertiary/aromatic N) is 3. The standard InChI is InChI=1S/C20H15N3O3/c1-26-17-10-11-19-18(13-17)20(14-6-3-2-4-7-14)21-22(19)15-8-5-9-16(12-15)23(24)25/h2-13H,1H3. The number of rotatable bonds is 4. The molecule has 0 aliphatic carbocycles. The van der Waals surface area contributed by atoms with Crippen molar-refractivity contribution in [1.29, 1.82) is 0 Å². The third kappa shape index (κ3) is 2.67. The Labute approximate surface area is 149 Å². The van der Waals surface area contributed by atoms with Crippen LogP contribution in [0.5, 0.6) is 5.75 Å². The van der Waals surface area contributed by atoms with Gasteiger partial charge in [-0.25, -0.2) is 4.68 Å². The zero-order valence-electron chi connectivity index (χ0n) is 14.0. The lowest BCUT2D eigenvalue weighted by Gasteiger charge is -2.04. The van der Waals surface area contributed by atoms with E-state index in [0.717, 1.165) is 27.9 Å². The molecule has 0 spiro atoms. The van der Waals surface area contributed by atoms with Gasteiger partial charge in [0.15, 0.2) is 0 Å². The Balaban J connectivity index is 1.99. The van der Waals surface area contributed by atoms with Crippen LogP contribution >= 0.6 is 0 Å². The lowest BCUT2D eigenvalue weighted by Crippen LogP contribution is -1.98. The zero-order valence-corrected chi connectivity index (χ0v) is 14.0. The van der Waals surface area contributed by atoms with E-state index >= 15 is 0 Å². The second kappa shape index (κ2) is 6.33. The highest BCUT2D eigenvalue weighted by Gasteiger charge is 2.16. The van der Waals surface area contributed by atoms with E-state index < -0.39 is 4.92 Å². The van der Waals surface area contributed by atoms with Gasteiger partial charge in [0.1, 0.15) is 11.4 Å². The molecule has 0 amide bonds. The van der Waals surface area contributed by atoms with Crippen LogP contribution in [0.15, 0.2) is 72.8 Å². The topological polar surface area (TPSA) is 70.2 Å². The molecule has 1 aromatic heterocycles. The van der Waals surface area contributed by atoms with Gasteiger partial charge < -0.3 is 4.74 Å². The SMILES string of the molecule is COc1ccc2c(c1)c(-c1ccccc1)nn2-c1cccc([N+](=O)[O-])c1. The molecule has 0 atom stereocenters. The Hall–Kier alpha value is -3.67. The van der Waals surface area contributed by atoms with Gasteiger partial charge in [-0.15, -0.1) is 0 Å². The maximum Gasteiger partial charge on any atom is 0.271 e. The van der Waals surface area contributed by atoms with Crippen LogP contribution in [0, 0.1) is 10.1 Å². The Bertz CT molecular complexity index is 1100. The predicted molar refractivity (Wildman–Crippen MR) is 99.7 cm³/mol. The monoisotopic (exact) mass is 345 g/mol. The molecule has 0 aliphatic rings. The van der Waals surface area contributed by atoms with Gasteiger partial charge in [0.05, 0.1) is 23.2 Å². The summed E-state index contributed by atoms with van der Waals surface area (Å²) in [7, 11) is 1.62. The van der Waals surface area contributed by atoms with Crippen molar-refractivity contribution in [1.82, 2.24) is 9.78 Å². The van der Waals surface area contributed by atoms with Gasteiger partial charge in [-0.05, 0) is 24.3 Å². The van der Waals surface area contributed by atoms with Crippen molar-refractivity contribution in [2.24, 2.45) is 0 Å². The molecule has 0 saturated heterocycles. The highest BCUT2D eigenvalue weighted by Crippen LogP contribution is 2.32. The first kappa shape index (κ1) is 15.8. The molecule has 4 rings (SSSR count). The number of nitro groups is 1. The maximum atomic E-state index is 11.1. The van der Waals surface area contributed by atoms with Crippen LogP contribution in [0.25, 0.3) is 27.8 Å². The fourth-order valence-corrected chi connectivity index (χ4v) is 2.97. The van der Waals surface area contributed by atoms with E-state index in [2.05, 4.69) is 0 Å². The summed E-state index contributed by atoms with van der Waals surface area (Å²) in [4.78, 5) is 10.7. The van der Waals surface area contributed by atoms with E-state index in [0.29, 0.717) is 5.69 Å². The quantitative estimate of drug-likeness (QED) is 0.400. The summed E-state index contributed by atoms with van der Waals surface area (Å²) >= 11 is 0. The Morgan fingerprint density at radius 1 is 1.00 bits per heavy atom. The highest BCUT2D eigenvalue weighted by atomic mass is 16.6. The summed E-state index contributed by atoms with van der Waals surface area (Å²) in [5, 5.41) is 16.8. The zero-order chi connectivity index (χ0) is 18.1. The predicted octanol–water partition coefficient (Wildman–Crippen LogP) is 4.61. The van der Waals surface area contributed by atoms with E-state index in [4.69, 9.17) is 9.84 Å². The van der Waals surface area contributed by atoms with Crippen LogP contribution in [0.1, 0.15) is 0 Å². The molecule has 0 saturated carbocycles. The Morgan fingerprint density at radius 3 is 2.54 bits per heavy atom. The summed E-state index contributed by atoms with van der Waals surface area (Å²) in [5.41, 5.74) is 3.28. The number of benzene rings is 3. The molecule has 0 N–H and O–H groups in total. The molecule has 0 aliphatic heterocycles. The summed E-state index contributed by atoms with van der Waals surface area (Å²) in [6.07, 6.45) is 0. The molecule has 128 valence electrons. The third-order valence-electron chi connectivity index (χ3n) is 4.22. The second-order valence-electron chi connectivity index (χ2n) is 5.79. The number of nitro benzene ring substituents is 1. The number of hydrogen-bond acceptors (Lipinski definition) is 4. The lowest BCUT2D eigenvalue weighted by atomic mass is 10.1. The molecule has 6 heteroatoms. The fraction of sp³-hybridized carbons (Fsp3) is 0.0500. The van der Waals surface area contributed by atoms with E-state index in [-0.39, 0.29) is 5.69 Å². The lowest BCUT2D eigenvalue weighted by molar-refractivity contribution is -0.384. The van der Waals surface area contributed by atoms with Gasteiger partial charge in [-0.3, -0.25) is 10.1 Å². The minimum Gasteiger partial charge on any atom is -0.497 e. The number of aromatic nitrogens is 2. The van der Waals surface area contributed by atoms with Gasteiger partial charge in [0.25, 0.3) is 5.69 Å². The van der Waals surface area contributed by atoms with Crippen molar-refractivity contribution < 1.29 is 9.66 Å². The molecule has 4 aromatic rings. The third-order valence-corrected chi connectivity index (χ3v) is 4.22. The molecular formula is C20H15N3O3. The number of non-ortho nitro benzene ring substituents is 1. The van der Waals surface area contributed by atoms with E-state index in [9.17, 15) is 10.1 Å². The maximum absolute atomic E-state index is 11.1. The van der Waals surface area contributed by atoms with Crippen LogP contribution in [0.3, 0.4) is 0 Å². The molecule has 1 heterocycles. The van der Waals surface area contributed by atoms with Crippen molar-refractivity contribution in [2.75, 3.05) is 7.11 Å². The van der Waals surface area contributed by atoms with Crippen molar-refractivity contribution in [3.8, 4) is 22.7 Å². The number of methoxy groups -OCH3 is 1. The molecule has 0 bridgehead atoms. The first-order valence-electron chi connectivity index (χ1n) is 8.04. The van der Waals surface area contributed by atoms with E-state index in [1.54, 1.807) is 23.9 Å². The first-order chi connectivity index (χ1) is 12.7. The van der Waals surface area contributed by atoms with Gasteiger partial charge in [-0.1, -0.05) is 36.4 Å². The summed E-state index contributed by atoms with van der Waals surface area (Å²) in [5.74, 6) is 0.730. The summed E-state index contributed by atoms with van der Waals surface area (Å²) < 4.78 is 7.08. The molecular weight excluding hydrogens is 330 g/mol. The molecule has 3 aromatic carbocycles. The van der Waals surface area contributed by atoms with Crippen LogP contribution in [0.4, 0.5) is 5.69 Å². The fourth-order valence-electron chi connectivity index (χ4n) is 2.97. The van der Waals surface area contributed by atoms with E-state index in [1.807, 2.05) is 48.5 Å². The second-order valence-corrected chi connectivity index (χ2v) is 5.79. The van der Waals surface area contributed by atoms with Crippen LogP contribution < -0.4 is 4.74 Å². The van der Waals surface area contributed by atoms with Crippen molar-refractivity contribution in [3.05, 3.63) is 82.9 Å². The van der Waals surface area contributed by atoms with Crippen molar-refractivity contribution in [3.63, 3.8) is 0 Å². The molecule has 26 heavy (non-hydrogen) atoms. The largest absolute Gasteiger partial charge is 0.497 e. The van der Waals surface area contributed by atoms with Gasteiger partial charge in [-0.2, -0.15) is 5.10 Å². The molecule has 6 nitrogen and oxygen atoms in total. The number of fused-ring (bicyclic) bond motifs is 1. The Kier molecular flexibility index (Phi) is 3.85. The highest BCUT2D eigenvalue weighted by molar-refractivity contribution is 5.95. The number of hydrogen-bond donors (Lipinski definition) is 0. The van der Waals surface area contributed by atoms with Gasteiger partial charge >= 0.3 is 0 Å². The first-order valence-corrected chi connectivity index (χ1v) is 8.04. The average molecular weight is 345 g/mol. The average Bonchev–Trinajstić information content (AvgIpc) is 3.07. The van der Waals surface area contributed by atoms with Crippen molar-refractivity contribution >= 4 is 16.6 Å². The Morgan fingerprint density at radius 2 is 1.81 bits per heavy atom. The van der Waals surface area contributed by atoms with Crippen molar-refractivity contribution in [2.45, 2.75) is 0 Å². The molecule has 0 radical (unpaired) electrons. The normalized spacial score (nSPS) is 10.8. The van der Waals surface area contributed by atoms with Crippen LogP contribution in [-0.2, 0) is 0 Å². The number of ether oxygens (including phenoxy) is 1. The molecule has 0 fully saturated rings. The summed E-state index contributed by atoms with van der Waals surface area (Å²) in [6, 6.07) is 22.0. The minimum absolute atomic E-state index is 0.0286. The summed E-state index contributed by atoms with van der Waals surface area (Å²) in [6.45, 7) is 0.